The Morgan fingerprint density at radius 2 is 2.00 bits per heavy atom. The van der Waals surface area contributed by atoms with Gasteiger partial charge in [-0.05, 0) is 37.3 Å². The van der Waals surface area contributed by atoms with Crippen LogP contribution in [0.15, 0.2) is 15.7 Å². The van der Waals surface area contributed by atoms with Crippen molar-refractivity contribution in [3.63, 3.8) is 0 Å². The van der Waals surface area contributed by atoms with Crippen LogP contribution in [0.4, 0.5) is 0 Å². The molecule has 0 aliphatic carbocycles. The third kappa shape index (κ3) is 4.04. The van der Waals surface area contributed by atoms with Crippen molar-refractivity contribution in [1.29, 1.82) is 0 Å². The molecule has 0 amide bonds. The molecule has 0 aliphatic heterocycles. The van der Waals surface area contributed by atoms with E-state index < -0.39 is 10.0 Å². The number of hydrogen-bond donors (Lipinski definition) is 1. The molecule has 1 rings (SSSR count). The Balaban J connectivity index is 2.94. The van der Waals surface area contributed by atoms with Crippen molar-refractivity contribution in [2.45, 2.75) is 63.4 Å². The second kappa shape index (κ2) is 6.56. The van der Waals surface area contributed by atoms with Crippen molar-refractivity contribution in [3.8, 4) is 0 Å². The molecule has 0 atom stereocenters. The maximum absolute atomic E-state index is 12.6. The fourth-order valence-corrected chi connectivity index (χ4v) is 4.54. The molecule has 0 bridgehead atoms. The van der Waals surface area contributed by atoms with Gasteiger partial charge in [-0.2, -0.15) is 4.31 Å². The summed E-state index contributed by atoms with van der Waals surface area (Å²) >= 11 is 1.29. The second-order valence-electron chi connectivity index (χ2n) is 5.95. The largest absolute Gasteiger partial charge is 0.310 e. The first-order chi connectivity index (χ1) is 9.11. The Morgan fingerprint density at radius 3 is 2.50 bits per heavy atom. The van der Waals surface area contributed by atoms with Crippen molar-refractivity contribution >= 4 is 21.4 Å². The lowest BCUT2D eigenvalue weighted by atomic mass is 10.0. The van der Waals surface area contributed by atoms with Crippen molar-refractivity contribution in [2.75, 3.05) is 7.05 Å². The topological polar surface area (TPSA) is 49.4 Å². The molecule has 0 aromatic carbocycles. The van der Waals surface area contributed by atoms with E-state index in [1.54, 1.807) is 13.1 Å². The third-order valence-electron chi connectivity index (χ3n) is 3.68. The fraction of sp³-hybridized carbons (Fsp3) is 0.714. The van der Waals surface area contributed by atoms with Crippen LogP contribution in [-0.4, -0.2) is 31.4 Å². The van der Waals surface area contributed by atoms with E-state index in [0.717, 1.165) is 12.0 Å². The van der Waals surface area contributed by atoms with Crippen LogP contribution >= 0.6 is 11.3 Å². The summed E-state index contributed by atoms with van der Waals surface area (Å²) in [5.74, 6) is 0. The van der Waals surface area contributed by atoms with Crippen molar-refractivity contribution in [1.82, 2.24) is 9.62 Å². The number of nitrogens with one attached hydrogen (secondary N) is 1. The summed E-state index contributed by atoms with van der Waals surface area (Å²) in [4.78, 5) is 0. The van der Waals surface area contributed by atoms with Gasteiger partial charge < -0.3 is 5.32 Å². The van der Waals surface area contributed by atoms with Crippen LogP contribution in [0.5, 0.6) is 0 Å². The van der Waals surface area contributed by atoms with Crippen LogP contribution in [0.1, 0.15) is 46.6 Å². The predicted octanol–water partition coefficient (Wildman–Crippen LogP) is 3.06. The molecule has 20 heavy (non-hydrogen) atoms. The Morgan fingerprint density at radius 1 is 1.40 bits per heavy atom. The van der Waals surface area contributed by atoms with E-state index in [2.05, 4.69) is 19.2 Å². The molecule has 6 heteroatoms. The number of nitrogens with zero attached hydrogens (tertiary/aromatic N) is 1. The third-order valence-corrected chi connectivity index (χ3v) is 7.21. The minimum Gasteiger partial charge on any atom is -0.310 e. The van der Waals surface area contributed by atoms with E-state index in [1.165, 1.54) is 15.6 Å². The molecule has 0 saturated carbocycles. The first-order valence-electron chi connectivity index (χ1n) is 6.91. The van der Waals surface area contributed by atoms with E-state index in [9.17, 15) is 8.42 Å². The highest BCUT2D eigenvalue weighted by Crippen LogP contribution is 2.29. The summed E-state index contributed by atoms with van der Waals surface area (Å²) in [6.07, 6.45) is 0.774. The molecule has 1 N–H and O–H groups in total. The monoisotopic (exact) mass is 318 g/mol. The molecular weight excluding hydrogens is 292 g/mol. The molecule has 1 heterocycles. The second-order valence-corrected chi connectivity index (χ2v) is 9.06. The first-order valence-corrected chi connectivity index (χ1v) is 9.23. The van der Waals surface area contributed by atoms with Crippen LogP contribution in [0.2, 0.25) is 0 Å². The number of sulfonamides is 1. The summed E-state index contributed by atoms with van der Waals surface area (Å²) in [7, 11) is -1.75. The average Bonchev–Trinajstić information content (AvgIpc) is 2.84. The van der Waals surface area contributed by atoms with Gasteiger partial charge in [-0.1, -0.05) is 20.8 Å². The Labute approximate surface area is 127 Å². The fourth-order valence-electron chi connectivity index (χ4n) is 1.59. The summed E-state index contributed by atoms with van der Waals surface area (Å²) < 4.78 is 27.1. The minimum atomic E-state index is -3.40. The average molecular weight is 319 g/mol. The van der Waals surface area contributed by atoms with Gasteiger partial charge in [-0.3, -0.25) is 0 Å². The van der Waals surface area contributed by atoms with Gasteiger partial charge in [0.25, 0.3) is 10.0 Å². The van der Waals surface area contributed by atoms with E-state index in [0.29, 0.717) is 16.8 Å². The normalized spacial score (nSPS) is 13.4. The number of rotatable bonds is 7. The summed E-state index contributed by atoms with van der Waals surface area (Å²) in [6.45, 7) is 10.7. The smallest absolute Gasteiger partial charge is 0.252 e. The van der Waals surface area contributed by atoms with E-state index in [-0.39, 0.29) is 5.54 Å². The van der Waals surface area contributed by atoms with Gasteiger partial charge in [0, 0.05) is 25.2 Å². The van der Waals surface area contributed by atoms with Crippen LogP contribution in [0.25, 0.3) is 0 Å². The lowest BCUT2D eigenvalue weighted by Gasteiger charge is -2.33. The summed E-state index contributed by atoms with van der Waals surface area (Å²) in [5, 5.41) is 5.21. The maximum Gasteiger partial charge on any atom is 0.252 e. The van der Waals surface area contributed by atoms with Crippen molar-refractivity contribution in [2.24, 2.45) is 0 Å². The van der Waals surface area contributed by atoms with Crippen molar-refractivity contribution in [3.05, 3.63) is 17.0 Å². The van der Waals surface area contributed by atoms with Gasteiger partial charge in [0.05, 0.1) is 0 Å². The molecule has 4 nitrogen and oxygen atoms in total. The molecule has 0 radical (unpaired) electrons. The van der Waals surface area contributed by atoms with Crippen LogP contribution < -0.4 is 5.32 Å². The van der Waals surface area contributed by atoms with E-state index in [1.807, 2.05) is 26.2 Å². The van der Waals surface area contributed by atoms with Gasteiger partial charge in [-0.25, -0.2) is 8.42 Å². The SMILES string of the molecule is CCC(C)(C)N(C)S(=O)(=O)c1cc(CNC(C)C)cs1. The minimum absolute atomic E-state index is 0.376. The highest BCUT2D eigenvalue weighted by Gasteiger charge is 2.33. The molecule has 0 saturated heterocycles. The zero-order chi connectivity index (χ0) is 15.6. The quantitative estimate of drug-likeness (QED) is 0.840. The van der Waals surface area contributed by atoms with E-state index >= 15 is 0 Å². The molecule has 0 fully saturated rings. The van der Waals surface area contributed by atoms with Gasteiger partial charge in [0.2, 0.25) is 0 Å². The van der Waals surface area contributed by atoms with Gasteiger partial charge in [-0.15, -0.1) is 11.3 Å². The van der Waals surface area contributed by atoms with Crippen LogP contribution in [0, 0.1) is 0 Å². The molecule has 1 aromatic rings. The zero-order valence-corrected chi connectivity index (χ0v) is 14.9. The molecule has 0 unspecified atom stereocenters. The lowest BCUT2D eigenvalue weighted by molar-refractivity contribution is 0.257. The number of thiophene rings is 1. The first kappa shape index (κ1) is 17.6. The summed E-state index contributed by atoms with van der Waals surface area (Å²) in [5.41, 5.74) is 0.643. The van der Waals surface area contributed by atoms with Gasteiger partial charge in [0.1, 0.15) is 4.21 Å². The molecular formula is C14H26N2O2S2. The van der Waals surface area contributed by atoms with Gasteiger partial charge in [0.15, 0.2) is 0 Å². The molecule has 116 valence electrons. The van der Waals surface area contributed by atoms with Crippen LogP contribution in [-0.2, 0) is 16.6 Å². The Kier molecular flexibility index (Phi) is 5.78. The van der Waals surface area contributed by atoms with Crippen molar-refractivity contribution < 1.29 is 8.42 Å². The zero-order valence-electron chi connectivity index (χ0n) is 13.2. The predicted molar refractivity (Wildman–Crippen MR) is 85.6 cm³/mol. The summed E-state index contributed by atoms with van der Waals surface area (Å²) in [6, 6.07) is 2.16. The van der Waals surface area contributed by atoms with Gasteiger partial charge >= 0.3 is 0 Å². The highest BCUT2D eigenvalue weighted by molar-refractivity contribution is 7.91. The lowest BCUT2D eigenvalue weighted by Crippen LogP contribution is -2.44. The number of hydrogen-bond acceptors (Lipinski definition) is 4. The molecule has 0 spiro atoms. The maximum atomic E-state index is 12.6. The standard InChI is InChI=1S/C14H26N2O2S2/c1-7-14(4,5)16(6)20(17,18)13-8-12(10-19-13)9-15-11(2)3/h8,10-11,15H,7,9H2,1-6H3. The molecule has 0 aliphatic rings. The Hall–Kier alpha value is -0.430. The van der Waals surface area contributed by atoms with E-state index in [4.69, 9.17) is 0 Å². The highest BCUT2D eigenvalue weighted by atomic mass is 32.2. The Bertz CT molecular complexity index is 533. The van der Waals surface area contributed by atoms with Crippen LogP contribution in [0.3, 0.4) is 0 Å². The molecule has 1 aromatic heterocycles.